The first-order valence-electron chi connectivity index (χ1n) is 6.56. The Kier molecular flexibility index (Phi) is 4.99. The van der Waals surface area contributed by atoms with E-state index in [9.17, 15) is 4.79 Å². The molecule has 0 aromatic rings. The van der Waals surface area contributed by atoms with Gasteiger partial charge >= 0.3 is 6.09 Å². The summed E-state index contributed by atoms with van der Waals surface area (Å²) < 4.78 is 5.22. The Morgan fingerprint density at radius 2 is 2.11 bits per heavy atom. The van der Waals surface area contributed by atoms with Crippen LogP contribution in [0.25, 0.3) is 0 Å². The normalized spacial score (nSPS) is 25.0. The maximum atomic E-state index is 11.6. The highest BCUT2D eigenvalue weighted by Crippen LogP contribution is 2.28. The van der Waals surface area contributed by atoms with Crippen molar-refractivity contribution in [1.29, 1.82) is 0 Å². The fraction of sp³-hybridized carbons (Fsp3) is 0.846. The van der Waals surface area contributed by atoms with E-state index in [-0.39, 0.29) is 18.1 Å². The van der Waals surface area contributed by atoms with Gasteiger partial charge in [0.1, 0.15) is 5.60 Å². The third-order valence-electron chi connectivity index (χ3n) is 3.12. The summed E-state index contributed by atoms with van der Waals surface area (Å²) in [7, 11) is 0. The summed E-state index contributed by atoms with van der Waals surface area (Å²) in [6.45, 7) is 7.51. The monoisotopic (exact) mass is 256 g/mol. The van der Waals surface area contributed by atoms with Crippen LogP contribution in [0.2, 0.25) is 0 Å². The smallest absolute Gasteiger partial charge is 0.407 e. The predicted molar refractivity (Wildman–Crippen MR) is 70.0 cm³/mol. The fourth-order valence-corrected chi connectivity index (χ4v) is 2.33. The van der Waals surface area contributed by atoms with Crippen LogP contribution in [0.5, 0.6) is 0 Å². The number of amides is 1. The van der Waals surface area contributed by atoms with E-state index in [4.69, 9.17) is 9.94 Å². The average Bonchev–Trinajstić information content (AvgIpc) is 2.65. The molecule has 1 rings (SSSR count). The van der Waals surface area contributed by atoms with Gasteiger partial charge in [-0.1, -0.05) is 12.1 Å². The van der Waals surface area contributed by atoms with Gasteiger partial charge in [-0.05, 0) is 46.5 Å². The van der Waals surface area contributed by atoms with Crippen LogP contribution >= 0.6 is 0 Å². The van der Waals surface area contributed by atoms with Crippen LogP contribution in [0.15, 0.2) is 5.16 Å². The second kappa shape index (κ2) is 6.07. The molecule has 2 atom stereocenters. The molecule has 1 aliphatic carbocycles. The number of rotatable bonds is 3. The first kappa shape index (κ1) is 14.8. The lowest BCUT2D eigenvalue weighted by molar-refractivity contribution is 0.0505. The highest BCUT2D eigenvalue weighted by atomic mass is 16.6. The molecule has 5 nitrogen and oxygen atoms in total. The number of carbonyl (C=O) groups excluding carboxylic acids is 1. The van der Waals surface area contributed by atoms with E-state index in [2.05, 4.69) is 10.5 Å². The Morgan fingerprint density at radius 1 is 1.44 bits per heavy atom. The molecule has 0 bridgehead atoms. The van der Waals surface area contributed by atoms with Crippen molar-refractivity contribution >= 4 is 11.8 Å². The number of ether oxygens (including phenoxy) is 1. The summed E-state index contributed by atoms with van der Waals surface area (Å²) in [6.07, 6.45) is 3.07. The van der Waals surface area contributed by atoms with E-state index in [0.29, 0.717) is 0 Å². The van der Waals surface area contributed by atoms with Crippen LogP contribution in [0.1, 0.15) is 53.4 Å². The van der Waals surface area contributed by atoms with Crippen molar-refractivity contribution in [1.82, 2.24) is 5.32 Å². The third kappa shape index (κ3) is 4.55. The number of nitrogens with zero attached hydrogens (tertiary/aromatic N) is 1. The number of oxime groups is 1. The van der Waals surface area contributed by atoms with Crippen molar-refractivity contribution in [2.45, 2.75) is 65.0 Å². The fourth-order valence-electron chi connectivity index (χ4n) is 2.33. The second-order valence-corrected chi connectivity index (χ2v) is 5.80. The highest BCUT2D eigenvalue weighted by molar-refractivity contribution is 5.86. The van der Waals surface area contributed by atoms with Crippen molar-refractivity contribution < 1.29 is 14.7 Å². The summed E-state index contributed by atoms with van der Waals surface area (Å²) in [5.41, 5.74) is 0.354. The van der Waals surface area contributed by atoms with Gasteiger partial charge in [0.25, 0.3) is 0 Å². The van der Waals surface area contributed by atoms with Gasteiger partial charge in [0.15, 0.2) is 0 Å². The SMILES string of the molecule is CC/C(=N\O)[C@H]1CC[C@@H](NC(=O)OC(C)(C)C)C1. The van der Waals surface area contributed by atoms with Crippen molar-refractivity contribution in [3.8, 4) is 0 Å². The van der Waals surface area contributed by atoms with Gasteiger partial charge in [-0.3, -0.25) is 0 Å². The summed E-state index contributed by atoms with van der Waals surface area (Å²) in [6, 6.07) is 0.119. The molecule has 0 aromatic heterocycles. The zero-order valence-electron chi connectivity index (χ0n) is 11.7. The molecular formula is C13H24N2O3. The first-order valence-corrected chi connectivity index (χ1v) is 6.56. The minimum Gasteiger partial charge on any atom is -0.444 e. The van der Waals surface area contributed by atoms with Crippen LogP contribution in [-0.2, 0) is 4.74 Å². The minimum atomic E-state index is -0.469. The molecule has 0 saturated heterocycles. The standard InChI is InChI=1S/C13H24N2O3/c1-5-11(15-17)9-6-7-10(8-9)14-12(16)18-13(2,3)4/h9-10,17H,5-8H2,1-4H3,(H,14,16)/b15-11+/t9-,10+/m0/s1. The molecule has 0 aliphatic heterocycles. The number of alkyl carbamates (subject to hydrolysis) is 1. The maximum absolute atomic E-state index is 11.6. The van der Waals surface area contributed by atoms with Gasteiger partial charge in [-0.25, -0.2) is 4.79 Å². The number of nitrogens with one attached hydrogen (secondary N) is 1. The van der Waals surface area contributed by atoms with Gasteiger partial charge in [0.05, 0.1) is 5.71 Å². The van der Waals surface area contributed by atoms with Gasteiger partial charge in [0.2, 0.25) is 0 Å². The molecule has 104 valence electrons. The van der Waals surface area contributed by atoms with Crippen molar-refractivity contribution in [3.63, 3.8) is 0 Å². The molecule has 0 spiro atoms. The zero-order valence-corrected chi connectivity index (χ0v) is 11.7. The summed E-state index contributed by atoms with van der Waals surface area (Å²) in [5, 5.41) is 15.1. The molecule has 1 saturated carbocycles. The van der Waals surface area contributed by atoms with Crippen LogP contribution < -0.4 is 5.32 Å². The Labute approximate surface area is 109 Å². The predicted octanol–water partition coefficient (Wildman–Crippen LogP) is 2.92. The van der Waals surface area contributed by atoms with Crippen LogP contribution in [0.4, 0.5) is 4.79 Å². The van der Waals surface area contributed by atoms with Crippen molar-refractivity contribution in [2.24, 2.45) is 11.1 Å². The lowest BCUT2D eigenvalue weighted by atomic mass is 10.00. The van der Waals surface area contributed by atoms with E-state index < -0.39 is 5.60 Å². The average molecular weight is 256 g/mol. The maximum Gasteiger partial charge on any atom is 0.407 e. The highest BCUT2D eigenvalue weighted by Gasteiger charge is 2.30. The summed E-state index contributed by atoms with van der Waals surface area (Å²) in [4.78, 5) is 11.6. The molecule has 1 aliphatic rings. The van der Waals surface area contributed by atoms with Crippen LogP contribution in [0.3, 0.4) is 0 Å². The summed E-state index contributed by atoms with van der Waals surface area (Å²) >= 11 is 0. The van der Waals surface area contributed by atoms with E-state index in [1.807, 2.05) is 27.7 Å². The number of carbonyl (C=O) groups is 1. The molecule has 2 N–H and O–H groups in total. The molecule has 1 fully saturated rings. The first-order chi connectivity index (χ1) is 8.35. The largest absolute Gasteiger partial charge is 0.444 e. The van der Waals surface area contributed by atoms with E-state index in [0.717, 1.165) is 31.4 Å². The molecule has 0 heterocycles. The Bertz CT molecular complexity index is 321. The van der Waals surface area contributed by atoms with Crippen LogP contribution in [0, 0.1) is 5.92 Å². The molecule has 1 amide bonds. The molecule has 18 heavy (non-hydrogen) atoms. The van der Waals surface area contributed by atoms with Crippen LogP contribution in [-0.4, -0.2) is 28.7 Å². The van der Waals surface area contributed by atoms with Gasteiger partial charge in [0, 0.05) is 12.0 Å². The lowest BCUT2D eigenvalue weighted by Gasteiger charge is -2.21. The van der Waals surface area contributed by atoms with E-state index >= 15 is 0 Å². The van der Waals surface area contributed by atoms with Crippen molar-refractivity contribution in [3.05, 3.63) is 0 Å². The van der Waals surface area contributed by atoms with E-state index in [1.54, 1.807) is 0 Å². The molecule has 0 unspecified atom stereocenters. The lowest BCUT2D eigenvalue weighted by Crippen LogP contribution is -2.38. The number of hydrogen-bond donors (Lipinski definition) is 2. The Hall–Kier alpha value is -1.26. The van der Waals surface area contributed by atoms with Gasteiger partial charge < -0.3 is 15.3 Å². The van der Waals surface area contributed by atoms with Gasteiger partial charge in [-0.2, -0.15) is 0 Å². The number of hydrogen-bond acceptors (Lipinski definition) is 4. The second-order valence-electron chi connectivity index (χ2n) is 5.80. The molecule has 5 heteroatoms. The zero-order chi connectivity index (χ0) is 13.8. The van der Waals surface area contributed by atoms with E-state index in [1.165, 1.54) is 0 Å². The molecule has 0 radical (unpaired) electrons. The third-order valence-corrected chi connectivity index (χ3v) is 3.12. The van der Waals surface area contributed by atoms with Crippen molar-refractivity contribution in [2.75, 3.05) is 0 Å². The van der Waals surface area contributed by atoms with Gasteiger partial charge in [-0.15, -0.1) is 0 Å². The topological polar surface area (TPSA) is 70.9 Å². The minimum absolute atomic E-state index is 0.119. The Morgan fingerprint density at radius 3 is 2.61 bits per heavy atom. The molecular weight excluding hydrogens is 232 g/mol. The quantitative estimate of drug-likeness (QED) is 0.463. The summed E-state index contributed by atoms with van der Waals surface area (Å²) in [5.74, 6) is 0.278. The Balaban J connectivity index is 2.41. The molecule has 0 aromatic carbocycles.